The van der Waals surface area contributed by atoms with Gasteiger partial charge in [-0.3, -0.25) is 4.90 Å². The van der Waals surface area contributed by atoms with E-state index in [-0.39, 0.29) is 0 Å². The van der Waals surface area contributed by atoms with Crippen LogP contribution in [0.1, 0.15) is 33.1 Å². The predicted octanol–water partition coefficient (Wildman–Crippen LogP) is 1.47. The third-order valence-electron chi connectivity index (χ3n) is 3.48. The zero-order valence-electron chi connectivity index (χ0n) is 10.4. The van der Waals surface area contributed by atoms with Gasteiger partial charge in [-0.1, -0.05) is 20.3 Å². The Morgan fingerprint density at radius 3 is 2.67 bits per heavy atom. The molecule has 0 aromatic rings. The van der Waals surface area contributed by atoms with Gasteiger partial charge in [-0.15, -0.1) is 0 Å². The zero-order valence-corrected chi connectivity index (χ0v) is 10.4. The first-order valence-electron chi connectivity index (χ1n) is 6.15. The van der Waals surface area contributed by atoms with Crippen LogP contribution >= 0.6 is 0 Å². The third kappa shape index (κ3) is 3.44. The monoisotopic (exact) mass is 214 g/mol. The summed E-state index contributed by atoms with van der Waals surface area (Å²) in [5.74, 6) is 0.636. The van der Waals surface area contributed by atoms with Gasteiger partial charge in [0.05, 0.1) is 6.61 Å². The Balaban J connectivity index is 2.61. The van der Waals surface area contributed by atoms with E-state index in [0.717, 1.165) is 13.2 Å². The number of likely N-dealkylation sites (tertiary alicyclic amines) is 1. The minimum absolute atomic E-state index is 0.531. The lowest BCUT2D eigenvalue weighted by Gasteiger charge is -2.42. The maximum Gasteiger partial charge on any atom is 0.0620 e. The van der Waals surface area contributed by atoms with Crippen molar-refractivity contribution in [3.8, 4) is 0 Å². The molecule has 0 saturated carbocycles. The summed E-state index contributed by atoms with van der Waals surface area (Å²) in [6, 6.07) is 1.10. The Bertz CT molecular complexity index is 173. The molecule has 0 bridgehead atoms. The van der Waals surface area contributed by atoms with Crippen molar-refractivity contribution in [2.75, 3.05) is 26.8 Å². The number of ether oxygens (including phenoxy) is 1. The van der Waals surface area contributed by atoms with Crippen LogP contribution in [0.3, 0.4) is 0 Å². The average Bonchev–Trinajstić information content (AvgIpc) is 2.25. The van der Waals surface area contributed by atoms with Gasteiger partial charge < -0.3 is 10.5 Å². The molecule has 15 heavy (non-hydrogen) atoms. The molecule has 1 fully saturated rings. The van der Waals surface area contributed by atoms with E-state index in [1.807, 2.05) is 0 Å². The fourth-order valence-electron chi connectivity index (χ4n) is 2.55. The minimum Gasteiger partial charge on any atom is -0.383 e. The fourth-order valence-corrected chi connectivity index (χ4v) is 2.55. The second kappa shape index (κ2) is 6.46. The molecule has 1 heterocycles. The largest absolute Gasteiger partial charge is 0.383 e. The number of rotatable bonds is 5. The third-order valence-corrected chi connectivity index (χ3v) is 3.48. The zero-order chi connectivity index (χ0) is 11.3. The summed E-state index contributed by atoms with van der Waals surface area (Å²) in [6.07, 6.45) is 3.89. The van der Waals surface area contributed by atoms with Crippen molar-refractivity contribution >= 4 is 0 Å². The molecule has 2 N–H and O–H groups in total. The maximum atomic E-state index is 5.85. The van der Waals surface area contributed by atoms with Crippen molar-refractivity contribution in [1.82, 2.24) is 4.90 Å². The second-order valence-corrected chi connectivity index (χ2v) is 4.89. The van der Waals surface area contributed by atoms with E-state index in [9.17, 15) is 0 Å². The van der Waals surface area contributed by atoms with Gasteiger partial charge in [0.25, 0.3) is 0 Å². The lowest BCUT2D eigenvalue weighted by Crippen LogP contribution is -2.53. The highest BCUT2D eigenvalue weighted by Crippen LogP contribution is 2.22. The van der Waals surface area contributed by atoms with Crippen molar-refractivity contribution < 1.29 is 4.74 Å². The number of piperidine rings is 1. The summed E-state index contributed by atoms with van der Waals surface area (Å²) in [4.78, 5) is 2.57. The Kier molecular flexibility index (Phi) is 5.58. The van der Waals surface area contributed by atoms with Crippen LogP contribution in [0.15, 0.2) is 0 Å². The molecular weight excluding hydrogens is 188 g/mol. The van der Waals surface area contributed by atoms with Crippen LogP contribution in [0.5, 0.6) is 0 Å². The van der Waals surface area contributed by atoms with Gasteiger partial charge in [-0.25, -0.2) is 0 Å². The molecular formula is C12H26N2O. The van der Waals surface area contributed by atoms with E-state index in [1.54, 1.807) is 7.11 Å². The Hall–Kier alpha value is -0.120. The Morgan fingerprint density at radius 1 is 1.40 bits per heavy atom. The summed E-state index contributed by atoms with van der Waals surface area (Å²) in [7, 11) is 1.79. The van der Waals surface area contributed by atoms with E-state index in [4.69, 9.17) is 10.5 Å². The van der Waals surface area contributed by atoms with E-state index < -0.39 is 0 Å². The average molecular weight is 214 g/mol. The molecule has 0 aliphatic carbocycles. The molecule has 2 atom stereocenters. The first kappa shape index (κ1) is 12.9. The van der Waals surface area contributed by atoms with E-state index in [0.29, 0.717) is 18.0 Å². The molecule has 1 aliphatic rings. The summed E-state index contributed by atoms with van der Waals surface area (Å²) < 4.78 is 5.33. The highest BCUT2D eigenvalue weighted by molar-refractivity contribution is 4.84. The first-order valence-corrected chi connectivity index (χ1v) is 6.15. The van der Waals surface area contributed by atoms with E-state index >= 15 is 0 Å². The minimum atomic E-state index is 0.531. The van der Waals surface area contributed by atoms with Crippen LogP contribution in [-0.2, 0) is 4.74 Å². The molecule has 0 spiro atoms. The number of methoxy groups -OCH3 is 1. The first-order chi connectivity index (χ1) is 7.20. The van der Waals surface area contributed by atoms with Crippen LogP contribution in [-0.4, -0.2) is 43.8 Å². The van der Waals surface area contributed by atoms with Crippen molar-refractivity contribution in [2.24, 2.45) is 11.7 Å². The van der Waals surface area contributed by atoms with Crippen molar-refractivity contribution in [1.29, 1.82) is 0 Å². The lowest BCUT2D eigenvalue weighted by molar-refractivity contribution is 0.0210. The van der Waals surface area contributed by atoms with Crippen LogP contribution in [0, 0.1) is 5.92 Å². The van der Waals surface area contributed by atoms with Gasteiger partial charge in [-0.2, -0.15) is 0 Å². The fraction of sp³-hybridized carbons (Fsp3) is 1.00. The number of hydrogen-bond donors (Lipinski definition) is 1. The number of nitrogens with two attached hydrogens (primary N) is 1. The molecule has 1 aliphatic heterocycles. The molecule has 0 amide bonds. The van der Waals surface area contributed by atoms with E-state index in [1.165, 1.54) is 25.8 Å². The van der Waals surface area contributed by atoms with Crippen LogP contribution in [0.4, 0.5) is 0 Å². The molecule has 0 aromatic carbocycles. The maximum absolute atomic E-state index is 5.85. The summed E-state index contributed by atoms with van der Waals surface area (Å²) in [6.45, 7) is 7.34. The Morgan fingerprint density at radius 2 is 2.13 bits per heavy atom. The SMILES string of the molecule is COCC(C(C)C)N1CCCCC1CN. The van der Waals surface area contributed by atoms with Gasteiger partial charge >= 0.3 is 0 Å². The van der Waals surface area contributed by atoms with Crippen LogP contribution in [0.25, 0.3) is 0 Å². The number of hydrogen-bond acceptors (Lipinski definition) is 3. The van der Waals surface area contributed by atoms with Crippen molar-refractivity contribution in [2.45, 2.75) is 45.2 Å². The van der Waals surface area contributed by atoms with Crippen molar-refractivity contribution in [3.05, 3.63) is 0 Å². The van der Waals surface area contributed by atoms with E-state index in [2.05, 4.69) is 18.7 Å². The molecule has 0 radical (unpaired) electrons. The van der Waals surface area contributed by atoms with Gasteiger partial charge in [0.1, 0.15) is 0 Å². The van der Waals surface area contributed by atoms with Crippen LogP contribution < -0.4 is 5.73 Å². The molecule has 0 aromatic heterocycles. The molecule has 1 saturated heterocycles. The van der Waals surface area contributed by atoms with Gasteiger partial charge in [0.15, 0.2) is 0 Å². The number of nitrogens with zero attached hydrogens (tertiary/aromatic N) is 1. The predicted molar refractivity (Wildman–Crippen MR) is 63.9 cm³/mol. The quantitative estimate of drug-likeness (QED) is 0.753. The topological polar surface area (TPSA) is 38.5 Å². The normalized spacial score (nSPS) is 25.8. The summed E-state index contributed by atoms with van der Waals surface area (Å²) >= 11 is 0. The second-order valence-electron chi connectivity index (χ2n) is 4.89. The van der Waals surface area contributed by atoms with Gasteiger partial charge in [-0.05, 0) is 25.3 Å². The molecule has 90 valence electrons. The summed E-state index contributed by atoms with van der Waals surface area (Å²) in [5, 5.41) is 0. The molecule has 1 rings (SSSR count). The molecule has 3 heteroatoms. The summed E-state index contributed by atoms with van der Waals surface area (Å²) in [5.41, 5.74) is 5.85. The van der Waals surface area contributed by atoms with Gasteiger partial charge in [0, 0.05) is 25.7 Å². The highest BCUT2D eigenvalue weighted by atomic mass is 16.5. The standard InChI is InChI=1S/C12H26N2O/c1-10(2)12(9-15-3)14-7-5-4-6-11(14)8-13/h10-12H,4-9,13H2,1-3H3. The lowest BCUT2D eigenvalue weighted by atomic mass is 9.95. The van der Waals surface area contributed by atoms with Crippen LogP contribution in [0.2, 0.25) is 0 Å². The Labute approximate surface area is 94.0 Å². The smallest absolute Gasteiger partial charge is 0.0620 e. The van der Waals surface area contributed by atoms with Crippen molar-refractivity contribution in [3.63, 3.8) is 0 Å². The highest BCUT2D eigenvalue weighted by Gasteiger charge is 2.29. The molecule has 2 unspecified atom stereocenters. The van der Waals surface area contributed by atoms with Gasteiger partial charge in [0.2, 0.25) is 0 Å². The molecule has 3 nitrogen and oxygen atoms in total.